The van der Waals surface area contributed by atoms with Gasteiger partial charge in [-0.3, -0.25) is 29.2 Å². The van der Waals surface area contributed by atoms with Crippen LogP contribution in [0.15, 0.2) is 231 Å². The molecule has 0 spiro atoms. The first-order chi connectivity index (χ1) is 46.2. The fourth-order valence-corrected chi connectivity index (χ4v) is 11.7. The Morgan fingerprint density at radius 2 is 0.865 bits per heavy atom. The van der Waals surface area contributed by atoms with E-state index < -0.39 is 41.6 Å². The molecule has 2 heterocycles. The van der Waals surface area contributed by atoms with Crippen molar-refractivity contribution in [2.45, 2.75) is 129 Å². The Labute approximate surface area is 567 Å². The summed E-state index contributed by atoms with van der Waals surface area (Å²) in [6, 6.07) is 73.5. The minimum Gasteiger partial charge on any atom is -0.444 e. The van der Waals surface area contributed by atoms with Crippen LogP contribution in [0.4, 0.5) is 21.0 Å². The number of aliphatic hydroxyl groups excluding tert-OH is 2. The lowest BCUT2D eigenvalue weighted by atomic mass is 9.91. The quantitative estimate of drug-likeness (QED) is 0.0664. The van der Waals surface area contributed by atoms with Gasteiger partial charge in [0, 0.05) is 77.5 Å². The van der Waals surface area contributed by atoms with Gasteiger partial charge in [0.25, 0.3) is 0 Å². The molecule has 498 valence electrons. The third-order valence-electron chi connectivity index (χ3n) is 16.4. The van der Waals surface area contributed by atoms with Crippen molar-refractivity contribution in [2.75, 3.05) is 39.3 Å². The number of carbonyl (C=O) groups excluding carboxylic acids is 4. The monoisotopic (exact) mass is 1290 g/mol. The average Bonchev–Trinajstić information content (AvgIpc) is 0.791. The summed E-state index contributed by atoms with van der Waals surface area (Å²) in [5.74, 6) is -0.376. The van der Waals surface area contributed by atoms with Gasteiger partial charge in [0.1, 0.15) is 23.8 Å². The van der Waals surface area contributed by atoms with Gasteiger partial charge >= 0.3 is 12.2 Å². The summed E-state index contributed by atoms with van der Waals surface area (Å²) < 4.78 is 11.1. The minimum atomic E-state index is -1.30. The number of rotatable bonds is 21. The maximum Gasteiger partial charge on any atom is 0.411 e. The molecule has 2 fully saturated rings. The molecule has 2 saturated heterocycles. The van der Waals surface area contributed by atoms with Gasteiger partial charge in [-0.25, -0.2) is 19.3 Å². The van der Waals surface area contributed by atoms with E-state index >= 15 is 0 Å². The Hall–Kier alpha value is -9.94. The topological polar surface area (TPSA) is 155 Å². The number of carbonyl (C=O) groups is 4. The van der Waals surface area contributed by atoms with E-state index in [0.29, 0.717) is 70.0 Å². The average molecular weight is 1290 g/mol. The number of aliphatic hydroxyl groups is 2. The zero-order valence-corrected chi connectivity index (χ0v) is 56.1. The van der Waals surface area contributed by atoms with E-state index in [9.17, 15) is 29.4 Å². The largest absolute Gasteiger partial charge is 0.444 e. The zero-order chi connectivity index (χ0) is 68.5. The van der Waals surface area contributed by atoms with Crippen molar-refractivity contribution < 1.29 is 38.9 Å². The standard InChI is InChI=1S/C40H44N4O4.C24H24N2O.C16H22N2O3/c1-40(2,3)48-39(47)44-24-23-42(27-30-15-8-5-9-16-30)38(46)36(44)37(45)35(26-33-21-14-22-34(25-33)41-4)43(28-31-17-10-6-11-18-31)29-32-19-12-7-13-20-32;1-25-23-14-8-13-22(15-23)16-24(19-27)26(17-20-9-4-2-5-10-20)18-21-11-6-3-7-12-21;1-16(2,3)21-15(20)18-10-9-17(14(19)12-18)11-13-7-5-4-6-8-13/h5-22,25,35-37,45H,23-24,26-29H2,1-3H3;2-15,24,27H,16-19H2;4-8H,9-12H2,1-3H3/t35-,36+,37+;24-;/m11./s1. The smallest absolute Gasteiger partial charge is 0.411 e. The van der Waals surface area contributed by atoms with E-state index in [1.807, 2.05) is 221 Å². The van der Waals surface area contributed by atoms with Gasteiger partial charge in [-0.2, -0.15) is 0 Å². The van der Waals surface area contributed by atoms with E-state index in [-0.39, 0.29) is 37.6 Å². The van der Waals surface area contributed by atoms with Crippen LogP contribution in [-0.4, -0.2) is 138 Å². The summed E-state index contributed by atoms with van der Waals surface area (Å²) in [5, 5.41) is 22.8. The lowest BCUT2D eigenvalue weighted by molar-refractivity contribution is -0.150. The van der Waals surface area contributed by atoms with Crippen LogP contribution in [0.2, 0.25) is 0 Å². The van der Waals surface area contributed by atoms with Crippen LogP contribution in [0, 0.1) is 13.1 Å². The molecule has 16 nitrogen and oxygen atoms in total. The third kappa shape index (κ3) is 22.6. The molecule has 0 bridgehead atoms. The minimum absolute atomic E-state index is 0.0219. The van der Waals surface area contributed by atoms with E-state index in [4.69, 9.17) is 22.6 Å². The van der Waals surface area contributed by atoms with Gasteiger partial charge in [-0.15, -0.1) is 0 Å². The van der Waals surface area contributed by atoms with Crippen LogP contribution in [-0.2, 0) is 71.2 Å². The lowest BCUT2D eigenvalue weighted by Crippen LogP contribution is -2.66. The molecule has 2 aliphatic rings. The van der Waals surface area contributed by atoms with Crippen LogP contribution < -0.4 is 0 Å². The van der Waals surface area contributed by atoms with E-state index in [1.165, 1.54) is 20.9 Å². The molecule has 0 unspecified atom stereocenters. The summed E-state index contributed by atoms with van der Waals surface area (Å²) in [7, 11) is 0. The van der Waals surface area contributed by atoms with E-state index in [1.54, 1.807) is 36.6 Å². The van der Waals surface area contributed by atoms with Gasteiger partial charge < -0.3 is 29.5 Å². The van der Waals surface area contributed by atoms with Gasteiger partial charge in [0.2, 0.25) is 11.8 Å². The Balaban J connectivity index is 0.000000206. The van der Waals surface area contributed by atoms with E-state index in [2.05, 4.69) is 43.8 Å². The number of nitrogens with zero attached hydrogens (tertiary/aromatic N) is 8. The number of benzene rings is 8. The van der Waals surface area contributed by atoms with Crippen molar-refractivity contribution in [3.05, 3.63) is 298 Å². The number of ether oxygens (including phenoxy) is 2. The summed E-state index contributed by atoms with van der Waals surface area (Å²) in [4.78, 5) is 70.4. The molecule has 0 aromatic heterocycles. The Morgan fingerprint density at radius 1 is 0.490 bits per heavy atom. The highest BCUT2D eigenvalue weighted by Gasteiger charge is 2.47. The molecule has 4 amide bonds. The molecule has 2 N–H and O–H groups in total. The first-order valence-electron chi connectivity index (χ1n) is 32.7. The van der Waals surface area contributed by atoms with Crippen molar-refractivity contribution in [3.63, 3.8) is 0 Å². The molecule has 16 heteroatoms. The van der Waals surface area contributed by atoms with Crippen LogP contribution in [0.3, 0.4) is 0 Å². The summed E-state index contributed by atoms with van der Waals surface area (Å²) >= 11 is 0. The fraction of sp³-hybridized carbons (Fsp3) is 0.325. The maximum atomic E-state index is 14.5. The third-order valence-corrected chi connectivity index (χ3v) is 16.4. The summed E-state index contributed by atoms with van der Waals surface area (Å²) in [6.45, 7) is 30.8. The Kier molecular flexibility index (Phi) is 26.6. The fourth-order valence-electron chi connectivity index (χ4n) is 11.7. The van der Waals surface area contributed by atoms with Gasteiger partial charge in [-0.1, -0.05) is 242 Å². The van der Waals surface area contributed by atoms with Crippen molar-refractivity contribution in [2.24, 2.45) is 0 Å². The lowest BCUT2D eigenvalue weighted by Gasteiger charge is -2.46. The Morgan fingerprint density at radius 3 is 1.27 bits per heavy atom. The normalized spacial score (nSPS) is 15.0. The second-order valence-corrected chi connectivity index (χ2v) is 26.2. The molecule has 10 rings (SSSR count). The second-order valence-electron chi connectivity index (χ2n) is 26.2. The molecule has 8 aromatic carbocycles. The van der Waals surface area contributed by atoms with Crippen molar-refractivity contribution >= 4 is 35.4 Å². The highest BCUT2D eigenvalue weighted by molar-refractivity contribution is 5.88. The molecule has 0 saturated carbocycles. The summed E-state index contributed by atoms with van der Waals surface area (Å²) in [6.07, 6.45) is -1.30. The molecule has 4 atom stereocenters. The number of amides is 4. The van der Waals surface area contributed by atoms with E-state index in [0.717, 1.165) is 46.5 Å². The van der Waals surface area contributed by atoms with Crippen LogP contribution in [0.5, 0.6) is 0 Å². The van der Waals surface area contributed by atoms with Gasteiger partial charge in [0.15, 0.2) is 11.4 Å². The number of piperazine rings is 2. The number of hydrogen-bond donors (Lipinski definition) is 2. The van der Waals surface area contributed by atoms with Gasteiger partial charge in [-0.05, 0) is 87.8 Å². The SMILES string of the molecule is CC(C)(C)OC(=O)N1CCN(Cc2ccccc2)C(=O)C1.[C-]#[N+]c1cccc(C[C@H](CO)N(Cc2ccccc2)Cc2ccccc2)c1.[C-]#[N+]c1cccc(C[C@H]([C@H](O)[C@H]2C(=O)N(Cc3ccccc3)CCN2C(=O)OC(C)(C)C)N(Cc2ccccc2)Cc2ccccc2)c1. The van der Waals surface area contributed by atoms with Gasteiger partial charge in [0.05, 0.1) is 25.9 Å². The van der Waals surface area contributed by atoms with Crippen molar-refractivity contribution in [3.8, 4) is 0 Å². The highest BCUT2D eigenvalue weighted by Crippen LogP contribution is 2.29. The van der Waals surface area contributed by atoms with Crippen LogP contribution in [0.25, 0.3) is 9.69 Å². The van der Waals surface area contributed by atoms with Crippen LogP contribution in [0.1, 0.15) is 86.1 Å². The zero-order valence-electron chi connectivity index (χ0n) is 56.1. The molecule has 0 aliphatic carbocycles. The van der Waals surface area contributed by atoms with Crippen molar-refractivity contribution in [1.29, 1.82) is 0 Å². The molecule has 96 heavy (non-hydrogen) atoms. The predicted octanol–water partition coefficient (Wildman–Crippen LogP) is 14.0. The first-order valence-corrected chi connectivity index (χ1v) is 32.7. The molecular formula is C80H90N8O8. The second kappa shape index (κ2) is 35.5. The molecule has 2 aliphatic heterocycles. The maximum absolute atomic E-state index is 14.5. The first kappa shape index (κ1) is 71.9. The molecule has 0 radical (unpaired) electrons. The number of hydrogen-bond acceptors (Lipinski definition) is 10. The predicted molar refractivity (Wildman–Crippen MR) is 376 cm³/mol. The van der Waals surface area contributed by atoms with Crippen LogP contribution >= 0.6 is 0 Å². The van der Waals surface area contributed by atoms with Crippen molar-refractivity contribution in [1.82, 2.24) is 29.4 Å². The highest BCUT2D eigenvalue weighted by atomic mass is 16.6. The Bertz CT molecular complexity index is 3720. The molecule has 8 aromatic rings. The summed E-state index contributed by atoms with van der Waals surface area (Å²) in [5.41, 5.74) is 8.34. The molecular weight excluding hydrogens is 1200 g/mol.